The minimum atomic E-state index is -0.497. The molecule has 0 bridgehead atoms. The van der Waals surface area contributed by atoms with Gasteiger partial charge in [-0.1, -0.05) is 35.9 Å². The normalized spacial score (nSPS) is 13.4. The molecule has 1 saturated carbocycles. The number of nitrogens with zero attached hydrogens (tertiary/aromatic N) is 2. The Kier molecular flexibility index (Phi) is 4.63. The van der Waals surface area contributed by atoms with Crippen molar-refractivity contribution in [2.75, 3.05) is 0 Å². The summed E-state index contributed by atoms with van der Waals surface area (Å²) in [5.41, 5.74) is 2.81. The number of ether oxygens (including phenoxy) is 1. The summed E-state index contributed by atoms with van der Waals surface area (Å²) in [6.45, 7) is 0.317. The van der Waals surface area contributed by atoms with Gasteiger partial charge in [0.25, 0.3) is 0 Å². The summed E-state index contributed by atoms with van der Waals surface area (Å²) in [6, 6.07) is 18.5. The topological polar surface area (TPSA) is 56.2 Å². The number of hydrogen-bond donors (Lipinski definition) is 1. The molecule has 0 radical (unpaired) electrons. The number of rotatable bonds is 5. The number of amides is 1. The first-order chi connectivity index (χ1) is 12.7. The predicted molar refractivity (Wildman–Crippen MR) is 99.9 cm³/mol. The van der Waals surface area contributed by atoms with Gasteiger partial charge in [-0.15, -0.1) is 0 Å². The summed E-state index contributed by atoms with van der Waals surface area (Å²) in [5, 5.41) is 8.15. The van der Waals surface area contributed by atoms with E-state index in [4.69, 9.17) is 21.4 Å². The molecule has 1 aromatic heterocycles. The zero-order valence-corrected chi connectivity index (χ0v) is 14.8. The highest BCUT2D eigenvalue weighted by molar-refractivity contribution is 6.30. The fraction of sp³-hybridized carbons (Fsp3) is 0.200. The summed E-state index contributed by atoms with van der Waals surface area (Å²) in [7, 11) is 0. The molecule has 1 heterocycles. The maximum Gasteiger partial charge on any atom is 0.412 e. The Bertz CT molecular complexity index is 920. The molecule has 4 rings (SSSR count). The fourth-order valence-electron chi connectivity index (χ4n) is 2.77. The Morgan fingerprint density at radius 3 is 2.69 bits per heavy atom. The Morgan fingerprint density at radius 2 is 1.96 bits per heavy atom. The van der Waals surface area contributed by atoms with Gasteiger partial charge >= 0.3 is 6.09 Å². The lowest BCUT2D eigenvalue weighted by Gasteiger charge is -2.09. The van der Waals surface area contributed by atoms with E-state index in [1.165, 1.54) is 0 Å². The van der Waals surface area contributed by atoms with Crippen molar-refractivity contribution < 1.29 is 9.53 Å². The van der Waals surface area contributed by atoms with Gasteiger partial charge < -0.3 is 10.1 Å². The van der Waals surface area contributed by atoms with Gasteiger partial charge in [0.1, 0.15) is 5.75 Å². The third kappa shape index (κ3) is 3.89. The van der Waals surface area contributed by atoms with Gasteiger partial charge in [0, 0.05) is 10.9 Å². The standard InChI is InChI=1S/C20H18ClN3O2/c21-15-5-4-6-16(11-15)24-17(12-19(23-24)14-9-10-14)13-22-20(25)26-18-7-2-1-3-8-18/h1-8,11-12,14H,9-10,13H2,(H,22,25). The molecule has 0 spiro atoms. The number of halogens is 1. The Balaban J connectivity index is 1.51. The molecule has 26 heavy (non-hydrogen) atoms. The molecule has 5 nitrogen and oxygen atoms in total. The second-order valence-corrected chi connectivity index (χ2v) is 6.72. The van der Waals surface area contributed by atoms with Crippen molar-refractivity contribution in [3.8, 4) is 11.4 Å². The van der Waals surface area contributed by atoms with Crippen LogP contribution in [0.5, 0.6) is 5.75 Å². The third-order valence-electron chi connectivity index (χ3n) is 4.22. The fourth-order valence-corrected chi connectivity index (χ4v) is 2.96. The number of carbonyl (C=O) groups excluding carboxylic acids is 1. The molecule has 1 aliphatic carbocycles. The second kappa shape index (κ2) is 7.22. The van der Waals surface area contributed by atoms with E-state index in [9.17, 15) is 4.79 Å². The van der Waals surface area contributed by atoms with Crippen molar-refractivity contribution in [2.24, 2.45) is 0 Å². The maximum absolute atomic E-state index is 12.1. The van der Waals surface area contributed by atoms with Crippen LogP contribution in [-0.4, -0.2) is 15.9 Å². The van der Waals surface area contributed by atoms with Gasteiger partial charge in [-0.2, -0.15) is 5.10 Å². The van der Waals surface area contributed by atoms with E-state index in [-0.39, 0.29) is 0 Å². The summed E-state index contributed by atoms with van der Waals surface area (Å²) in [5.74, 6) is 1.03. The lowest BCUT2D eigenvalue weighted by Crippen LogP contribution is -2.27. The van der Waals surface area contributed by atoms with Crippen molar-refractivity contribution in [2.45, 2.75) is 25.3 Å². The molecule has 1 N–H and O–H groups in total. The molecule has 0 atom stereocenters. The first-order valence-corrected chi connectivity index (χ1v) is 8.92. The quantitative estimate of drug-likeness (QED) is 0.711. The van der Waals surface area contributed by atoms with Crippen LogP contribution < -0.4 is 10.1 Å². The van der Waals surface area contributed by atoms with Crippen molar-refractivity contribution in [3.05, 3.63) is 77.1 Å². The van der Waals surface area contributed by atoms with Crippen molar-refractivity contribution in [3.63, 3.8) is 0 Å². The van der Waals surface area contributed by atoms with Crippen LogP contribution in [0.3, 0.4) is 0 Å². The average molecular weight is 368 g/mol. The number of hydrogen-bond acceptors (Lipinski definition) is 3. The number of benzene rings is 2. The van der Waals surface area contributed by atoms with Crippen LogP contribution in [0.15, 0.2) is 60.7 Å². The van der Waals surface area contributed by atoms with E-state index >= 15 is 0 Å². The van der Waals surface area contributed by atoms with E-state index in [0.717, 1.165) is 29.9 Å². The SMILES string of the molecule is O=C(NCc1cc(C2CC2)nn1-c1cccc(Cl)c1)Oc1ccccc1. The molecule has 0 unspecified atom stereocenters. The lowest BCUT2D eigenvalue weighted by molar-refractivity contribution is 0.199. The van der Waals surface area contributed by atoms with Crippen LogP contribution in [0.4, 0.5) is 4.79 Å². The van der Waals surface area contributed by atoms with Crippen LogP contribution >= 0.6 is 11.6 Å². The number of nitrogens with one attached hydrogen (secondary N) is 1. The molecular formula is C20H18ClN3O2. The van der Waals surface area contributed by atoms with Crippen molar-refractivity contribution >= 4 is 17.7 Å². The largest absolute Gasteiger partial charge is 0.412 e. The van der Waals surface area contributed by atoms with E-state index in [2.05, 4.69) is 5.32 Å². The molecule has 132 valence electrons. The summed E-state index contributed by atoms with van der Waals surface area (Å²) in [4.78, 5) is 12.1. The summed E-state index contributed by atoms with van der Waals surface area (Å²) < 4.78 is 7.10. The van der Waals surface area contributed by atoms with Gasteiger partial charge in [0.15, 0.2) is 0 Å². The third-order valence-corrected chi connectivity index (χ3v) is 4.45. The van der Waals surface area contributed by atoms with Crippen LogP contribution in [0, 0.1) is 0 Å². The van der Waals surface area contributed by atoms with E-state index in [0.29, 0.717) is 23.2 Å². The highest BCUT2D eigenvalue weighted by Gasteiger charge is 2.27. The average Bonchev–Trinajstić information content (AvgIpc) is 3.40. The van der Waals surface area contributed by atoms with Gasteiger partial charge in [-0.3, -0.25) is 0 Å². The number of carbonyl (C=O) groups is 1. The minimum Gasteiger partial charge on any atom is -0.410 e. The molecule has 0 aliphatic heterocycles. The molecule has 3 aromatic rings. The molecule has 1 fully saturated rings. The highest BCUT2D eigenvalue weighted by Crippen LogP contribution is 2.39. The lowest BCUT2D eigenvalue weighted by atomic mass is 10.2. The summed E-state index contributed by atoms with van der Waals surface area (Å²) in [6.07, 6.45) is 1.83. The molecule has 2 aromatic carbocycles. The van der Waals surface area contributed by atoms with Crippen LogP contribution in [0.1, 0.15) is 30.1 Å². The maximum atomic E-state index is 12.1. The second-order valence-electron chi connectivity index (χ2n) is 6.28. The molecule has 1 aliphatic rings. The van der Waals surface area contributed by atoms with Gasteiger partial charge in [0.2, 0.25) is 0 Å². The van der Waals surface area contributed by atoms with E-state index < -0.39 is 6.09 Å². The first-order valence-electron chi connectivity index (χ1n) is 8.54. The van der Waals surface area contributed by atoms with E-state index in [1.807, 2.05) is 53.2 Å². The molecule has 0 saturated heterocycles. The predicted octanol–water partition coefficient (Wildman–Crippen LogP) is 4.69. The van der Waals surface area contributed by atoms with Crippen LogP contribution in [0.25, 0.3) is 5.69 Å². The van der Waals surface area contributed by atoms with Crippen molar-refractivity contribution in [1.82, 2.24) is 15.1 Å². The Labute approximate surface area is 156 Å². The Morgan fingerprint density at radius 1 is 1.15 bits per heavy atom. The van der Waals surface area contributed by atoms with Crippen LogP contribution in [-0.2, 0) is 6.54 Å². The minimum absolute atomic E-state index is 0.317. The zero-order chi connectivity index (χ0) is 17.9. The van der Waals surface area contributed by atoms with Gasteiger partial charge in [-0.25, -0.2) is 9.48 Å². The number of aromatic nitrogens is 2. The highest BCUT2D eigenvalue weighted by atomic mass is 35.5. The monoisotopic (exact) mass is 367 g/mol. The smallest absolute Gasteiger partial charge is 0.410 e. The molecule has 1 amide bonds. The Hall–Kier alpha value is -2.79. The number of para-hydroxylation sites is 1. The summed E-state index contributed by atoms with van der Waals surface area (Å²) >= 11 is 6.12. The molecule has 6 heteroatoms. The first kappa shape index (κ1) is 16.7. The van der Waals surface area contributed by atoms with Gasteiger partial charge in [0.05, 0.1) is 23.6 Å². The van der Waals surface area contributed by atoms with Gasteiger partial charge in [-0.05, 0) is 49.2 Å². The van der Waals surface area contributed by atoms with E-state index in [1.54, 1.807) is 12.1 Å². The zero-order valence-electron chi connectivity index (χ0n) is 14.1. The van der Waals surface area contributed by atoms with Crippen molar-refractivity contribution in [1.29, 1.82) is 0 Å². The van der Waals surface area contributed by atoms with Crippen LogP contribution in [0.2, 0.25) is 5.02 Å². The molecular weight excluding hydrogens is 350 g/mol.